The molecule has 0 amide bonds. The highest BCUT2D eigenvalue weighted by Gasteiger charge is 2.18. The Balaban J connectivity index is 2.12. The molecule has 0 radical (unpaired) electrons. The van der Waals surface area contributed by atoms with Crippen LogP contribution in [0.15, 0.2) is 16.6 Å². The van der Waals surface area contributed by atoms with Gasteiger partial charge in [-0.2, -0.15) is 0 Å². The Labute approximate surface area is 98.3 Å². The summed E-state index contributed by atoms with van der Waals surface area (Å²) in [5, 5.41) is 9.42. The second kappa shape index (κ2) is 4.49. The van der Waals surface area contributed by atoms with Crippen molar-refractivity contribution >= 4 is 21.7 Å². The molecule has 1 aliphatic heterocycles. The number of anilines is 1. The molecule has 2 heterocycles. The smallest absolute Gasteiger partial charge is 0.128 e. The second-order valence-electron chi connectivity index (χ2n) is 3.95. The molecule has 0 unspecified atom stereocenters. The number of aryl methyl sites for hydroxylation is 1. The predicted octanol–water partition coefficient (Wildman–Crippen LogP) is 2.11. The van der Waals surface area contributed by atoms with Gasteiger partial charge in [-0.1, -0.05) is 0 Å². The van der Waals surface area contributed by atoms with E-state index < -0.39 is 0 Å². The van der Waals surface area contributed by atoms with E-state index in [-0.39, 0.29) is 6.10 Å². The van der Waals surface area contributed by atoms with Gasteiger partial charge in [-0.15, -0.1) is 0 Å². The van der Waals surface area contributed by atoms with Crippen LogP contribution in [-0.2, 0) is 0 Å². The molecule has 0 aliphatic carbocycles. The largest absolute Gasteiger partial charge is 0.393 e. The van der Waals surface area contributed by atoms with Crippen molar-refractivity contribution < 1.29 is 5.11 Å². The summed E-state index contributed by atoms with van der Waals surface area (Å²) in [5.41, 5.74) is 1.01. The molecular weight excluding hydrogens is 256 g/mol. The fourth-order valence-electron chi connectivity index (χ4n) is 1.80. The quantitative estimate of drug-likeness (QED) is 0.850. The number of aromatic nitrogens is 1. The molecule has 1 aromatic rings. The lowest BCUT2D eigenvalue weighted by Crippen LogP contribution is -2.36. The lowest BCUT2D eigenvalue weighted by Gasteiger charge is -2.30. The number of rotatable bonds is 1. The summed E-state index contributed by atoms with van der Waals surface area (Å²) in [5.74, 6) is 1.02. The molecule has 2 rings (SSSR count). The van der Waals surface area contributed by atoms with E-state index in [0.29, 0.717) is 0 Å². The Kier molecular flexibility index (Phi) is 3.26. The Morgan fingerprint density at radius 1 is 1.40 bits per heavy atom. The molecule has 0 bridgehead atoms. The predicted molar refractivity (Wildman–Crippen MR) is 64.1 cm³/mol. The number of piperidine rings is 1. The molecule has 82 valence electrons. The molecule has 1 N–H and O–H groups in total. The molecule has 0 atom stereocenters. The number of aliphatic hydroxyl groups is 1. The Morgan fingerprint density at radius 2 is 2.07 bits per heavy atom. The summed E-state index contributed by atoms with van der Waals surface area (Å²) < 4.78 is 1.04. The van der Waals surface area contributed by atoms with Crippen LogP contribution < -0.4 is 4.90 Å². The highest BCUT2D eigenvalue weighted by atomic mass is 79.9. The number of nitrogens with zero attached hydrogens (tertiary/aromatic N) is 2. The Hall–Kier alpha value is -0.610. The monoisotopic (exact) mass is 270 g/mol. The molecule has 3 nitrogen and oxygen atoms in total. The topological polar surface area (TPSA) is 36.4 Å². The van der Waals surface area contributed by atoms with Gasteiger partial charge >= 0.3 is 0 Å². The minimum atomic E-state index is -0.127. The van der Waals surface area contributed by atoms with Crippen LogP contribution in [0.4, 0.5) is 5.82 Å². The number of hydrogen-bond acceptors (Lipinski definition) is 3. The molecule has 15 heavy (non-hydrogen) atoms. The Bertz CT molecular complexity index is 348. The molecule has 0 saturated carbocycles. The summed E-state index contributed by atoms with van der Waals surface area (Å²) in [7, 11) is 0. The highest BCUT2D eigenvalue weighted by Crippen LogP contribution is 2.21. The minimum absolute atomic E-state index is 0.127. The van der Waals surface area contributed by atoms with Gasteiger partial charge in [0.25, 0.3) is 0 Å². The number of pyridine rings is 1. The van der Waals surface area contributed by atoms with Crippen LogP contribution in [-0.4, -0.2) is 29.3 Å². The first kappa shape index (κ1) is 10.9. The first-order valence-corrected chi connectivity index (χ1v) is 6.02. The molecule has 1 aromatic heterocycles. The van der Waals surface area contributed by atoms with E-state index in [1.807, 2.05) is 19.1 Å². The third kappa shape index (κ3) is 2.49. The second-order valence-corrected chi connectivity index (χ2v) is 4.81. The molecular formula is C11H15BrN2O. The fourth-order valence-corrected chi connectivity index (χ4v) is 2.02. The number of halogens is 1. The lowest BCUT2D eigenvalue weighted by molar-refractivity contribution is 0.145. The summed E-state index contributed by atoms with van der Waals surface area (Å²) >= 11 is 3.44. The highest BCUT2D eigenvalue weighted by molar-refractivity contribution is 9.10. The van der Waals surface area contributed by atoms with E-state index in [9.17, 15) is 5.11 Å². The standard InChI is InChI=1S/C11H15BrN2O/c1-8-10(12)2-3-11(13-8)14-6-4-9(15)5-7-14/h2-3,9,15H,4-7H2,1H3. The van der Waals surface area contributed by atoms with Crippen molar-refractivity contribution in [3.05, 3.63) is 22.3 Å². The maximum Gasteiger partial charge on any atom is 0.128 e. The SMILES string of the molecule is Cc1nc(N2CCC(O)CC2)ccc1Br. The van der Waals surface area contributed by atoms with E-state index >= 15 is 0 Å². The van der Waals surface area contributed by atoms with Crippen molar-refractivity contribution in [1.82, 2.24) is 4.98 Å². The zero-order valence-corrected chi connectivity index (χ0v) is 10.4. The normalized spacial score (nSPS) is 18.2. The maximum atomic E-state index is 9.42. The third-order valence-electron chi connectivity index (χ3n) is 2.80. The molecule has 1 fully saturated rings. The average Bonchev–Trinajstić information content (AvgIpc) is 2.23. The average molecular weight is 271 g/mol. The van der Waals surface area contributed by atoms with Crippen LogP contribution in [0.2, 0.25) is 0 Å². The number of hydrogen-bond donors (Lipinski definition) is 1. The van der Waals surface area contributed by atoms with Crippen molar-refractivity contribution in [3.8, 4) is 0 Å². The van der Waals surface area contributed by atoms with Crippen LogP contribution in [0.25, 0.3) is 0 Å². The van der Waals surface area contributed by atoms with Crippen molar-refractivity contribution in [3.63, 3.8) is 0 Å². The van der Waals surface area contributed by atoms with Gasteiger partial charge in [0, 0.05) is 17.6 Å². The third-order valence-corrected chi connectivity index (χ3v) is 3.63. The Morgan fingerprint density at radius 3 is 2.67 bits per heavy atom. The van der Waals surface area contributed by atoms with Gasteiger partial charge < -0.3 is 10.0 Å². The van der Waals surface area contributed by atoms with Gasteiger partial charge in [0.1, 0.15) is 5.82 Å². The van der Waals surface area contributed by atoms with E-state index in [0.717, 1.165) is 41.9 Å². The van der Waals surface area contributed by atoms with Crippen LogP contribution >= 0.6 is 15.9 Å². The van der Waals surface area contributed by atoms with Gasteiger partial charge in [0.05, 0.1) is 11.8 Å². The van der Waals surface area contributed by atoms with Crippen LogP contribution in [0, 0.1) is 6.92 Å². The molecule has 0 spiro atoms. The van der Waals surface area contributed by atoms with Crippen molar-refractivity contribution in [2.75, 3.05) is 18.0 Å². The summed E-state index contributed by atoms with van der Waals surface area (Å²) in [6.07, 6.45) is 1.56. The lowest BCUT2D eigenvalue weighted by atomic mass is 10.1. The maximum absolute atomic E-state index is 9.42. The summed E-state index contributed by atoms with van der Waals surface area (Å²) in [6.45, 7) is 3.79. The minimum Gasteiger partial charge on any atom is -0.393 e. The van der Waals surface area contributed by atoms with Gasteiger partial charge in [0.2, 0.25) is 0 Å². The number of aliphatic hydroxyl groups excluding tert-OH is 1. The zero-order valence-electron chi connectivity index (χ0n) is 8.78. The van der Waals surface area contributed by atoms with Crippen LogP contribution in [0.3, 0.4) is 0 Å². The van der Waals surface area contributed by atoms with E-state index in [1.165, 1.54) is 0 Å². The summed E-state index contributed by atoms with van der Waals surface area (Å²) in [4.78, 5) is 6.75. The van der Waals surface area contributed by atoms with E-state index in [2.05, 4.69) is 25.8 Å². The van der Waals surface area contributed by atoms with Gasteiger partial charge in [0.15, 0.2) is 0 Å². The zero-order chi connectivity index (χ0) is 10.8. The van der Waals surface area contributed by atoms with Gasteiger partial charge in [-0.05, 0) is 47.8 Å². The van der Waals surface area contributed by atoms with Crippen LogP contribution in [0.5, 0.6) is 0 Å². The van der Waals surface area contributed by atoms with E-state index in [4.69, 9.17) is 0 Å². The van der Waals surface area contributed by atoms with Gasteiger partial charge in [-0.3, -0.25) is 0 Å². The van der Waals surface area contributed by atoms with Crippen molar-refractivity contribution in [2.24, 2.45) is 0 Å². The molecule has 1 saturated heterocycles. The summed E-state index contributed by atoms with van der Waals surface area (Å²) in [6, 6.07) is 4.05. The molecule has 1 aliphatic rings. The van der Waals surface area contributed by atoms with Crippen LogP contribution in [0.1, 0.15) is 18.5 Å². The molecule has 4 heteroatoms. The van der Waals surface area contributed by atoms with Crippen molar-refractivity contribution in [1.29, 1.82) is 0 Å². The first-order chi connectivity index (χ1) is 7.16. The fraction of sp³-hybridized carbons (Fsp3) is 0.545. The van der Waals surface area contributed by atoms with E-state index in [1.54, 1.807) is 0 Å². The van der Waals surface area contributed by atoms with Gasteiger partial charge in [-0.25, -0.2) is 4.98 Å². The first-order valence-electron chi connectivity index (χ1n) is 5.23. The van der Waals surface area contributed by atoms with Crippen molar-refractivity contribution in [2.45, 2.75) is 25.9 Å². The molecule has 0 aromatic carbocycles.